The summed E-state index contributed by atoms with van der Waals surface area (Å²) in [6.07, 6.45) is 3.85. The van der Waals surface area contributed by atoms with Crippen LogP contribution in [0.2, 0.25) is 0 Å². The zero-order valence-corrected chi connectivity index (χ0v) is 15.5. The van der Waals surface area contributed by atoms with E-state index >= 15 is 0 Å². The van der Waals surface area contributed by atoms with E-state index in [0.29, 0.717) is 6.42 Å². The fourth-order valence-electron chi connectivity index (χ4n) is 3.06. The first-order chi connectivity index (χ1) is 13.1. The van der Waals surface area contributed by atoms with Crippen molar-refractivity contribution >= 4 is 22.6 Å². The Balaban J connectivity index is 1.68. The molecule has 2 unspecified atom stereocenters. The summed E-state index contributed by atoms with van der Waals surface area (Å²) in [5, 5.41) is 9.19. The third-order valence-electron chi connectivity index (χ3n) is 4.65. The number of ether oxygens (including phenoxy) is 1. The topological polar surface area (TPSA) is 73.2 Å². The average Bonchev–Trinajstić information content (AvgIpc) is 3.24. The molecule has 0 spiro atoms. The molecule has 0 aliphatic rings. The van der Waals surface area contributed by atoms with E-state index in [2.05, 4.69) is 16.5 Å². The fourth-order valence-corrected chi connectivity index (χ4v) is 3.06. The third kappa shape index (κ3) is 4.53. The Bertz CT molecular complexity index is 921. The van der Waals surface area contributed by atoms with E-state index < -0.39 is 12.0 Å². The van der Waals surface area contributed by atoms with E-state index in [0.717, 1.165) is 16.3 Å². The second kappa shape index (κ2) is 8.49. The number of nitrogens with zero attached hydrogens (tertiary/aromatic N) is 2. The molecule has 3 rings (SSSR count). The summed E-state index contributed by atoms with van der Waals surface area (Å²) in [4.78, 5) is 24.6. The second-order valence-corrected chi connectivity index (χ2v) is 6.51. The monoisotopic (exact) mass is 365 g/mol. The Hall–Kier alpha value is -3.15. The minimum atomic E-state index is -0.454. The Morgan fingerprint density at radius 1 is 1.15 bits per heavy atom. The minimum absolute atomic E-state index is 0.189. The molecule has 6 heteroatoms. The van der Waals surface area contributed by atoms with Crippen LogP contribution in [0.5, 0.6) is 0 Å². The summed E-state index contributed by atoms with van der Waals surface area (Å²) in [6, 6.07) is 15.5. The van der Waals surface area contributed by atoms with Gasteiger partial charge >= 0.3 is 5.97 Å². The van der Waals surface area contributed by atoms with Crippen molar-refractivity contribution in [2.75, 3.05) is 13.7 Å². The van der Waals surface area contributed by atoms with Crippen molar-refractivity contribution in [2.45, 2.75) is 19.4 Å². The van der Waals surface area contributed by atoms with E-state index in [1.807, 2.05) is 36.4 Å². The number of nitrogens with one attached hydrogen (secondary N) is 1. The van der Waals surface area contributed by atoms with Crippen molar-refractivity contribution in [3.05, 3.63) is 66.5 Å². The van der Waals surface area contributed by atoms with Crippen LogP contribution in [0.3, 0.4) is 0 Å². The zero-order chi connectivity index (χ0) is 19.2. The molecule has 0 saturated heterocycles. The number of aromatic nitrogens is 2. The van der Waals surface area contributed by atoms with E-state index in [4.69, 9.17) is 4.74 Å². The first-order valence-electron chi connectivity index (χ1n) is 8.91. The molecular weight excluding hydrogens is 342 g/mol. The highest BCUT2D eigenvalue weighted by Gasteiger charge is 2.23. The second-order valence-electron chi connectivity index (χ2n) is 6.51. The normalized spacial score (nSPS) is 13.1. The number of fused-ring (bicyclic) bond motifs is 1. The molecule has 0 fully saturated rings. The van der Waals surface area contributed by atoms with Crippen molar-refractivity contribution in [2.24, 2.45) is 5.92 Å². The summed E-state index contributed by atoms with van der Waals surface area (Å²) in [7, 11) is 1.36. The van der Waals surface area contributed by atoms with Gasteiger partial charge in [0, 0.05) is 18.9 Å². The number of methoxy groups -OCH3 is 1. The van der Waals surface area contributed by atoms with Gasteiger partial charge in [-0.3, -0.25) is 14.3 Å². The number of hydrogen-bond acceptors (Lipinski definition) is 4. The molecule has 27 heavy (non-hydrogen) atoms. The Labute approximate surface area is 158 Å². The van der Waals surface area contributed by atoms with Crippen LogP contribution < -0.4 is 5.32 Å². The number of hydrogen-bond donors (Lipinski definition) is 1. The standard InChI is InChI=1S/C21H23N3O3/c1-15(24-11-5-10-23-24)20(25)22-14-19(21(26)27-2)13-16-8-9-17-6-3-4-7-18(17)12-16/h3-12,15,19H,13-14H2,1-2H3,(H,22,25). The van der Waals surface area contributed by atoms with Crippen LogP contribution in [0.1, 0.15) is 18.5 Å². The molecule has 2 atom stereocenters. The van der Waals surface area contributed by atoms with Crippen molar-refractivity contribution in [3.63, 3.8) is 0 Å². The van der Waals surface area contributed by atoms with Crippen LogP contribution in [0.15, 0.2) is 60.9 Å². The van der Waals surface area contributed by atoms with Gasteiger partial charge in [0.1, 0.15) is 6.04 Å². The van der Waals surface area contributed by atoms with Gasteiger partial charge in [-0.05, 0) is 35.7 Å². The molecule has 140 valence electrons. The summed E-state index contributed by atoms with van der Waals surface area (Å²) >= 11 is 0. The Morgan fingerprint density at radius 3 is 2.63 bits per heavy atom. The van der Waals surface area contributed by atoms with E-state index in [1.54, 1.807) is 30.1 Å². The Morgan fingerprint density at radius 2 is 1.93 bits per heavy atom. The van der Waals surface area contributed by atoms with Crippen molar-refractivity contribution in [1.29, 1.82) is 0 Å². The van der Waals surface area contributed by atoms with E-state index in [-0.39, 0.29) is 18.4 Å². The fraction of sp³-hybridized carbons (Fsp3) is 0.286. The number of carbonyl (C=O) groups excluding carboxylic acids is 2. The highest BCUT2D eigenvalue weighted by atomic mass is 16.5. The predicted octanol–water partition coefficient (Wildman–Crippen LogP) is 2.75. The maximum absolute atomic E-state index is 12.4. The van der Waals surface area contributed by atoms with Gasteiger partial charge in [0.05, 0.1) is 13.0 Å². The van der Waals surface area contributed by atoms with Crippen LogP contribution in [-0.4, -0.2) is 35.3 Å². The lowest BCUT2D eigenvalue weighted by atomic mass is 9.97. The van der Waals surface area contributed by atoms with Crippen molar-refractivity contribution in [3.8, 4) is 0 Å². The summed E-state index contributed by atoms with van der Waals surface area (Å²) in [5.74, 6) is -0.980. The highest BCUT2D eigenvalue weighted by molar-refractivity contribution is 5.83. The molecule has 0 aliphatic heterocycles. The molecule has 2 aromatic carbocycles. The smallest absolute Gasteiger partial charge is 0.310 e. The van der Waals surface area contributed by atoms with Gasteiger partial charge in [0.2, 0.25) is 5.91 Å². The summed E-state index contributed by atoms with van der Waals surface area (Å²) in [6.45, 7) is 1.97. The largest absolute Gasteiger partial charge is 0.469 e. The molecule has 6 nitrogen and oxygen atoms in total. The molecule has 1 N–H and O–H groups in total. The lowest BCUT2D eigenvalue weighted by Gasteiger charge is -2.18. The maximum atomic E-state index is 12.4. The number of rotatable bonds is 7. The Kier molecular flexibility index (Phi) is 5.86. The van der Waals surface area contributed by atoms with Gasteiger partial charge in [0.25, 0.3) is 0 Å². The van der Waals surface area contributed by atoms with Crippen molar-refractivity contribution < 1.29 is 14.3 Å². The quantitative estimate of drug-likeness (QED) is 0.654. The van der Waals surface area contributed by atoms with Gasteiger partial charge in [0.15, 0.2) is 0 Å². The molecule has 0 saturated carbocycles. The van der Waals surface area contributed by atoms with Crippen LogP contribution >= 0.6 is 0 Å². The minimum Gasteiger partial charge on any atom is -0.469 e. The molecule has 0 bridgehead atoms. The lowest BCUT2D eigenvalue weighted by molar-refractivity contribution is -0.145. The lowest BCUT2D eigenvalue weighted by Crippen LogP contribution is -2.38. The van der Waals surface area contributed by atoms with E-state index in [1.165, 1.54) is 7.11 Å². The molecule has 1 amide bonds. The molecule has 1 aromatic heterocycles. The first kappa shape index (κ1) is 18.6. The number of esters is 1. The van der Waals surface area contributed by atoms with Crippen molar-refractivity contribution in [1.82, 2.24) is 15.1 Å². The van der Waals surface area contributed by atoms with Gasteiger partial charge < -0.3 is 10.1 Å². The van der Waals surface area contributed by atoms with Gasteiger partial charge in [-0.25, -0.2) is 0 Å². The van der Waals surface area contributed by atoms with Crippen LogP contribution in [-0.2, 0) is 20.7 Å². The first-order valence-corrected chi connectivity index (χ1v) is 8.91. The number of amides is 1. The molecule has 1 heterocycles. The summed E-state index contributed by atoms with van der Waals surface area (Å²) < 4.78 is 6.50. The van der Waals surface area contributed by atoms with Crippen LogP contribution in [0, 0.1) is 5.92 Å². The van der Waals surface area contributed by atoms with Crippen LogP contribution in [0.4, 0.5) is 0 Å². The average molecular weight is 365 g/mol. The SMILES string of the molecule is COC(=O)C(CNC(=O)C(C)n1cccn1)Cc1ccc2ccccc2c1. The zero-order valence-electron chi connectivity index (χ0n) is 15.5. The van der Waals surface area contributed by atoms with Gasteiger partial charge in [-0.15, -0.1) is 0 Å². The third-order valence-corrected chi connectivity index (χ3v) is 4.65. The molecule has 0 radical (unpaired) electrons. The maximum Gasteiger partial charge on any atom is 0.310 e. The van der Waals surface area contributed by atoms with Gasteiger partial charge in [-0.1, -0.05) is 42.5 Å². The summed E-state index contributed by atoms with van der Waals surface area (Å²) in [5.41, 5.74) is 1.03. The van der Waals surface area contributed by atoms with Crippen LogP contribution in [0.25, 0.3) is 10.8 Å². The predicted molar refractivity (Wildman–Crippen MR) is 103 cm³/mol. The number of benzene rings is 2. The van der Waals surface area contributed by atoms with Gasteiger partial charge in [-0.2, -0.15) is 5.10 Å². The highest BCUT2D eigenvalue weighted by Crippen LogP contribution is 2.18. The molecule has 3 aromatic rings. The van der Waals surface area contributed by atoms with E-state index in [9.17, 15) is 9.59 Å². The molecule has 0 aliphatic carbocycles. The molecular formula is C21H23N3O3. The number of carbonyl (C=O) groups is 2.